The second-order valence-corrected chi connectivity index (χ2v) is 3.90. The van der Waals surface area contributed by atoms with Crippen LogP contribution in [0.3, 0.4) is 0 Å². The van der Waals surface area contributed by atoms with Crippen LogP contribution in [0.2, 0.25) is 0 Å². The number of amides is 2. The normalized spacial score (nSPS) is 11.4. The monoisotopic (exact) mass is 244 g/mol. The number of hydrogen-bond acceptors (Lipinski definition) is 4. The molecule has 17 heavy (non-hydrogen) atoms. The molecule has 0 aromatic heterocycles. The maximum atomic E-state index is 11.6. The molecular formula is C10H20N4O3. The van der Waals surface area contributed by atoms with E-state index < -0.39 is 0 Å². The lowest BCUT2D eigenvalue weighted by molar-refractivity contribution is -0.135. The summed E-state index contributed by atoms with van der Waals surface area (Å²) in [5.41, 5.74) is 5.23. The Labute approximate surface area is 101 Å². The maximum Gasteiger partial charge on any atom is 0.239 e. The molecule has 0 saturated carbocycles. The molecule has 0 heterocycles. The van der Waals surface area contributed by atoms with Gasteiger partial charge in [0.15, 0.2) is 0 Å². The summed E-state index contributed by atoms with van der Waals surface area (Å²) in [6.07, 6.45) is -0.195. The number of rotatable bonds is 6. The van der Waals surface area contributed by atoms with Gasteiger partial charge >= 0.3 is 0 Å². The van der Waals surface area contributed by atoms with E-state index in [9.17, 15) is 9.59 Å². The van der Waals surface area contributed by atoms with E-state index in [0.29, 0.717) is 6.54 Å². The Balaban J connectivity index is 4.32. The highest BCUT2D eigenvalue weighted by atomic mass is 16.4. The van der Waals surface area contributed by atoms with Gasteiger partial charge in [0.05, 0.1) is 13.0 Å². The smallest absolute Gasteiger partial charge is 0.239 e. The van der Waals surface area contributed by atoms with Crippen molar-refractivity contribution in [3.05, 3.63) is 0 Å². The number of nitrogens with zero attached hydrogens (tertiary/aromatic N) is 2. The quantitative estimate of drug-likeness (QED) is 0.253. The van der Waals surface area contributed by atoms with Crippen molar-refractivity contribution in [1.82, 2.24) is 10.2 Å². The fraction of sp³-hybridized carbons (Fsp3) is 0.700. The molecule has 7 heteroatoms. The third kappa shape index (κ3) is 6.39. The van der Waals surface area contributed by atoms with Crippen LogP contribution in [-0.4, -0.2) is 46.9 Å². The second kappa shape index (κ2) is 7.48. The fourth-order valence-corrected chi connectivity index (χ4v) is 1.22. The largest absolute Gasteiger partial charge is 0.409 e. The summed E-state index contributed by atoms with van der Waals surface area (Å²) in [6, 6.07) is 0.0281. The van der Waals surface area contributed by atoms with E-state index in [1.54, 1.807) is 6.92 Å². The van der Waals surface area contributed by atoms with Gasteiger partial charge in [-0.15, -0.1) is 0 Å². The molecule has 0 aliphatic rings. The number of amidine groups is 1. The van der Waals surface area contributed by atoms with Crippen molar-refractivity contribution in [3.63, 3.8) is 0 Å². The maximum absolute atomic E-state index is 11.6. The van der Waals surface area contributed by atoms with Crippen LogP contribution in [0.4, 0.5) is 0 Å². The summed E-state index contributed by atoms with van der Waals surface area (Å²) in [6.45, 7) is 5.81. The van der Waals surface area contributed by atoms with Crippen molar-refractivity contribution in [2.45, 2.75) is 33.2 Å². The number of carbonyl (C=O) groups is 2. The van der Waals surface area contributed by atoms with Crippen LogP contribution in [0.25, 0.3) is 0 Å². The molecule has 0 spiro atoms. The topological polar surface area (TPSA) is 108 Å². The molecule has 2 amide bonds. The highest BCUT2D eigenvalue weighted by Gasteiger charge is 2.17. The predicted molar refractivity (Wildman–Crippen MR) is 63.6 cm³/mol. The zero-order chi connectivity index (χ0) is 13.4. The van der Waals surface area contributed by atoms with E-state index in [0.717, 1.165) is 0 Å². The summed E-state index contributed by atoms with van der Waals surface area (Å²) < 4.78 is 0. The molecule has 0 saturated heterocycles. The van der Waals surface area contributed by atoms with Crippen molar-refractivity contribution in [1.29, 1.82) is 0 Å². The molecule has 0 rings (SSSR count). The van der Waals surface area contributed by atoms with E-state index in [2.05, 4.69) is 10.5 Å². The summed E-state index contributed by atoms with van der Waals surface area (Å²) in [4.78, 5) is 24.4. The first kappa shape index (κ1) is 15.2. The van der Waals surface area contributed by atoms with Gasteiger partial charge < -0.3 is 21.2 Å². The SMILES string of the molecule is CCN(CC(=O)NC(C)C)C(=O)CC(N)=NO. The van der Waals surface area contributed by atoms with Gasteiger partial charge in [-0.1, -0.05) is 5.16 Å². The molecule has 0 atom stereocenters. The molecule has 0 aliphatic heterocycles. The average molecular weight is 244 g/mol. The van der Waals surface area contributed by atoms with Gasteiger partial charge in [0.25, 0.3) is 0 Å². The average Bonchev–Trinajstić information content (AvgIpc) is 2.24. The van der Waals surface area contributed by atoms with Gasteiger partial charge in [0.2, 0.25) is 11.8 Å². The molecule has 0 fully saturated rings. The van der Waals surface area contributed by atoms with Gasteiger partial charge in [-0.2, -0.15) is 0 Å². The van der Waals surface area contributed by atoms with Crippen LogP contribution in [0.1, 0.15) is 27.2 Å². The lowest BCUT2D eigenvalue weighted by Gasteiger charge is -2.20. The predicted octanol–water partition coefficient (Wildman–Crippen LogP) is -0.504. The van der Waals surface area contributed by atoms with Crippen molar-refractivity contribution in [2.75, 3.05) is 13.1 Å². The Morgan fingerprint density at radius 2 is 2.06 bits per heavy atom. The van der Waals surface area contributed by atoms with Crippen molar-refractivity contribution >= 4 is 17.6 Å². The first-order valence-corrected chi connectivity index (χ1v) is 5.44. The number of carbonyl (C=O) groups excluding carboxylic acids is 2. The van der Waals surface area contributed by atoms with Crippen LogP contribution < -0.4 is 11.1 Å². The number of likely N-dealkylation sites (N-methyl/N-ethyl adjacent to an activating group) is 1. The molecule has 98 valence electrons. The van der Waals surface area contributed by atoms with Gasteiger partial charge in [0, 0.05) is 12.6 Å². The van der Waals surface area contributed by atoms with E-state index in [1.165, 1.54) is 4.90 Å². The summed E-state index contributed by atoms with van der Waals surface area (Å²) in [5.74, 6) is -0.742. The van der Waals surface area contributed by atoms with Crippen LogP contribution in [-0.2, 0) is 9.59 Å². The Morgan fingerprint density at radius 3 is 2.47 bits per heavy atom. The highest BCUT2D eigenvalue weighted by Crippen LogP contribution is 1.95. The minimum atomic E-state index is -0.346. The highest BCUT2D eigenvalue weighted by molar-refractivity contribution is 5.99. The minimum Gasteiger partial charge on any atom is -0.409 e. The van der Waals surface area contributed by atoms with Crippen LogP contribution in [0.15, 0.2) is 5.16 Å². The molecule has 0 aromatic carbocycles. The third-order valence-corrected chi connectivity index (χ3v) is 1.98. The minimum absolute atomic E-state index is 0.0216. The molecular weight excluding hydrogens is 224 g/mol. The number of oxime groups is 1. The van der Waals surface area contributed by atoms with Crippen LogP contribution in [0.5, 0.6) is 0 Å². The lowest BCUT2D eigenvalue weighted by atomic mass is 10.3. The fourth-order valence-electron chi connectivity index (χ4n) is 1.22. The van der Waals surface area contributed by atoms with Gasteiger partial charge in [-0.25, -0.2) is 0 Å². The first-order valence-electron chi connectivity index (χ1n) is 5.44. The van der Waals surface area contributed by atoms with Crippen molar-refractivity contribution < 1.29 is 14.8 Å². The Kier molecular flexibility index (Phi) is 6.69. The Bertz CT molecular complexity index is 302. The Hall–Kier alpha value is -1.79. The first-order chi connectivity index (χ1) is 7.90. The third-order valence-electron chi connectivity index (χ3n) is 1.98. The van der Waals surface area contributed by atoms with E-state index in [-0.39, 0.29) is 36.7 Å². The second-order valence-electron chi connectivity index (χ2n) is 3.90. The lowest BCUT2D eigenvalue weighted by Crippen LogP contribution is -2.43. The Morgan fingerprint density at radius 1 is 1.47 bits per heavy atom. The summed E-state index contributed by atoms with van der Waals surface area (Å²) in [5, 5.41) is 13.8. The van der Waals surface area contributed by atoms with Crippen LogP contribution in [0, 0.1) is 0 Å². The van der Waals surface area contributed by atoms with E-state index in [4.69, 9.17) is 10.9 Å². The van der Waals surface area contributed by atoms with Crippen molar-refractivity contribution in [2.24, 2.45) is 10.9 Å². The number of nitrogens with one attached hydrogen (secondary N) is 1. The molecule has 0 unspecified atom stereocenters. The standard InChI is InChI=1S/C10H20N4O3/c1-4-14(6-9(15)12-7(2)3)10(16)5-8(11)13-17/h7,17H,4-6H2,1-3H3,(H2,11,13)(H,12,15). The molecule has 0 aromatic rings. The zero-order valence-electron chi connectivity index (χ0n) is 10.4. The van der Waals surface area contributed by atoms with Crippen LogP contribution >= 0.6 is 0 Å². The van der Waals surface area contributed by atoms with Gasteiger partial charge in [-0.05, 0) is 20.8 Å². The summed E-state index contributed by atoms with van der Waals surface area (Å²) in [7, 11) is 0. The molecule has 7 nitrogen and oxygen atoms in total. The summed E-state index contributed by atoms with van der Waals surface area (Å²) >= 11 is 0. The van der Waals surface area contributed by atoms with E-state index >= 15 is 0 Å². The molecule has 0 aliphatic carbocycles. The molecule has 0 bridgehead atoms. The van der Waals surface area contributed by atoms with Crippen molar-refractivity contribution in [3.8, 4) is 0 Å². The van der Waals surface area contributed by atoms with Gasteiger partial charge in [-0.3, -0.25) is 9.59 Å². The zero-order valence-corrected chi connectivity index (χ0v) is 10.4. The number of hydrogen-bond donors (Lipinski definition) is 3. The molecule has 0 radical (unpaired) electrons. The number of nitrogens with two attached hydrogens (primary N) is 1. The van der Waals surface area contributed by atoms with Gasteiger partial charge in [0.1, 0.15) is 5.84 Å². The van der Waals surface area contributed by atoms with E-state index in [1.807, 2.05) is 13.8 Å². The molecule has 4 N–H and O–H groups in total.